The monoisotopic (exact) mass is 260 g/mol. The molecule has 0 aliphatic heterocycles. The first kappa shape index (κ1) is 15.4. The number of aldehydes is 1. The van der Waals surface area contributed by atoms with Gasteiger partial charge in [0.2, 0.25) is 0 Å². The van der Waals surface area contributed by atoms with Crippen LogP contribution in [0.25, 0.3) is 0 Å². The topological polar surface area (TPSA) is 162 Å². The first-order chi connectivity index (χ1) is 7.22. The molecule has 5 N–H and O–H groups in total. The smallest absolute Gasteiger partial charge is 0.394 e. The second kappa shape index (κ2) is 6.20. The van der Waals surface area contributed by atoms with Gasteiger partial charge in [0.25, 0.3) is 0 Å². The van der Waals surface area contributed by atoms with Crippen LogP contribution in [0.4, 0.5) is 0 Å². The summed E-state index contributed by atoms with van der Waals surface area (Å²) in [5, 5.41) is 35.7. The van der Waals surface area contributed by atoms with Crippen molar-refractivity contribution in [3.63, 3.8) is 0 Å². The van der Waals surface area contributed by atoms with E-state index in [0.29, 0.717) is 0 Å². The molecule has 96 valence electrons. The lowest BCUT2D eigenvalue weighted by Gasteiger charge is -2.24. The zero-order valence-electron chi connectivity index (χ0n) is 7.87. The number of hydrogen-bond acceptors (Lipinski definition) is 8. The summed E-state index contributed by atoms with van der Waals surface area (Å²) in [6.45, 7) is -1.07. The Balaban J connectivity index is 4.64. The predicted molar refractivity (Wildman–Crippen MR) is 47.6 cm³/mol. The number of carbonyl (C=O) groups is 1. The molecule has 0 saturated heterocycles. The van der Waals surface area contributed by atoms with Crippen molar-refractivity contribution < 1.29 is 42.4 Å². The Hall–Kier alpha value is -0.620. The van der Waals surface area contributed by atoms with Crippen LogP contribution in [0.5, 0.6) is 0 Å². The summed E-state index contributed by atoms with van der Waals surface area (Å²) >= 11 is 0. The maximum Gasteiger partial charge on any atom is 0.397 e. The highest BCUT2D eigenvalue weighted by Gasteiger charge is 2.34. The van der Waals surface area contributed by atoms with Crippen molar-refractivity contribution >= 4 is 16.7 Å². The van der Waals surface area contributed by atoms with Gasteiger partial charge < -0.3 is 25.2 Å². The van der Waals surface area contributed by atoms with Crippen LogP contribution in [0.3, 0.4) is 0 Å². The van der Waals surface area contributed by atoms with E-state index in [1.165, 1.54) is 0 Å². The van der Waals surface area contributed by atoms with E-state index in [-0.39, 0.29) is 6.29 Å². The van der Waals surface area contributed by atoms with Crippen LogP contribution in [0.2, 0.25) is 0 Å². The van der Waals surface area contributed by atoms with E-state index in [1.807, 2.05) is 0 Å². The van der Waals surface area contributed by atoms with Crippen LogP contribution in [0.15, 0.2) is 0 Å². The fraction of sp³-hybridized carbons (Fsp3) is 0.833. The van der Waals surface area contributed by atoms with Crippen LogP contribution in [0.1, 0.15) is 0 Å². The Bertz CT molecular complexity index is 312. The molecule has 0 aliphatic carbocycles. The van der Waals surface area contributed by atoms with Crippen LogP contribution < -0.4 is 0 Å². The van der Waals surface area contributed by atoms with Gasteiger partial charge >= 0.3 is 10.4 Å². The Kier molecular flexibility index (Phi) is 5.96. The van der Waals surface area contributed by atoms with E-state index in [0.717, 1.165) is 0 Å². The average Bonchev–Trinajstić information content (AvgIpc) is 2.21. The van der Waals surface area contributed by atoms with Gasteiger partial charge in [-0.15, -0.1) is 0 Å². The molecular formula is C6H12O9S. The molecule has 0 aromatic carbocycles. The standard InChI is InChI=1S/C6H12O9S/c7-1-3(9)5(10)6(11)4(2-8)15-16(12,13)14/h1,3-6,8-11H,2H2,(H,12,13,14)/t3-,4+,5+,6+/m0/s1. The molecule has 0 aromatic heterocycles. The summed E-state index contributed by atoms with van der Waals surface area (Å²) in [6.07, 6.45) is -8.12. The molecule has 0 saturated carbocycles. The van der Waals surface area contributed by atoms with E-state index in [4.69, 9.17) is 19.9 Å². The lowest BCUT2D eigenvalue weighted by molar-refractivity contribution is -0.134. The van der Waals surface area contributed by atoms with Gasteiger partial charge in [-0.2, -0.15) is 8.42 Å². The SMILES string of the molecule is O=C[C@H](O)[C@@H](O)[C@H](O)[C@@H](CO)OS(=O)(=O)O. The van der Waals surface area contributed by atoms with E-state index < -0.39 is 41.4 Å². The molecule has 0 unspecified atom stereocenters. The largest absolute Gasteiger partial charge is 0.397 e. The summed E-state index contributed by atoms with van der Waals surface area (Å²) in [6, 6.07) is 0. The molecule has 0 radical (unpaired) electrons. The third-order valence-electron chi connectivity index (χ3n) is 1.65. The van der Waals surface area contributed by atoms with Gasteiger partial charge in [-0.25, -0.2) is 4.18 Å². The molecule has 9 nitrogen and oxygen atoms in total. The number of aliphatic hydroxyl groups is 4. The predicted octanol–water partition coefficient (Wildman–Crippen LogP) is -3.55. The van der Waals surface area contributed by atoms with Gasteiger partial charge in [-0.3, -0.25) is 4.55 Å². The minimum Gasteiger partial charge on any atom is -0.394 e. The maximum atomic E-state index is 10.3. The summed E-state index contributed by atoms with van der Waals surface area (Å²) in [5.74, 6) is 0. The normalized spacial score (nSPS) is 19.8. The Morgan fingerprint density at radius 3 is 2.00 bits per heavy atom. The van der Waals surface area contributed by atoms with Gasteiger partial charge in [0.1, 0.15) is 24.4 Å². The highest BCUT2D eigenvalue weighted by atomic mass is 32.3. The molecule has 0 aromatic rings. The van der Waals surface area contributed by atoms with Crippen molar-refractivity contribution in [1.82, 2.24) is 0 Å². The number of aliphatic hydroxyl groups excluding tert-OH is 4. The van der Waals surface area contributed by atoms with Gasteiger partial charge in [-0.05, 0) is 0 Å². The van der Waals surface area contributed by atoms with E-state index >= 15 is 0 Å². The van der Waals surface area contributed by atoms with E-state index in [1.54, 1.807) is 0 Å². The highest BCUT2D eigenvalue weighted by Crippen LogP contribution is 2.09. The summed E-state index contributed by atoms with van der Waals surface area (Å²) in [7, 11) is -4.95. The lowest BCUT2D eigenvalue weighted by Crippen LogP contribution is -2.48. The highest BCUT2D eigenvalue weighted by molar-refractivity contribution is 7.80. The Morgan fingerprint density at radius 2 is 1.69 bits per heavy atom. The van der Waals surface area contributed by atoms with Crippen LogP contribution in [0, 0.1) is 0 Å². The van der Waals surface area contributed by atoms with Crippen molar-refractivity contribution in [3.05, 3.63) is 0 Å². The molecule has 0 fully saturated rings. The van der Waals surface area contributed by atoms with Gasteiger partial charge in [0.05, 0.1) is 6.61 Å². The van der Waals surface area contributed by atoms with E-state index in [9.17, 15) is 18.3 Å². The maximum absolute atomic E-state index is 10.3. The minimum atomic E-state index is -4.95. The molecule has 0 heterocycles. The zero-order valence-corrected chi connectivity index (χ0v) is 8.69. The van der Waals surface area contributed by atoms with Crippen LogP contribution in [-0.2, 0) is 19.4 Å². The second-order valence-electron chi connectivity index (χ2n) is 2.85. The van der Waals surface area contributed by atoms with Crippen molar-refractivity contribution in [1.29, 1.82) is 0 Å². The Morgan fingerprint density at radius 1 is 1.19 bits per heavy atom. The Labute approximate surface area is 90.9 Å². The van der Waals surface area contributed by atoms with Crippen molar-refractivity contribution in [2.24, 2.45) is 0 Å². The van der Waals surface area contributed by atoms with Gasteiger partial charge in [0, 0.05) is 0 Å². The molecule has 0 rings (SSSR count). The van der Waals surface area contributed by atoms with Gasteiger partial charge in [0.15, 0.2) is 6.29 Å². The quantitative estimate of drug-likeness (QED) is 0.230. The van der Waals surface area contributed by atoms with Gasteiger partial charge in [-0.1, -0.05) is 0 Å². The fourth-order valence-corrected chi connectivity index (χ4v) is 1.34. The summed E-state index contributed by atoms with van der Waals surface area (Å²) in [5.41, 5.74) is 0. The average molecular weight is 260 g/mol. The zero-order chi connectivity index (χ0) is 12.9. The molecule has 0 aliphatic rings. The molecule has 0 amide bonds. The van der Waals surface area contributed by atoms with Crippen molar-refractivity contribution in [2.45, 2.75) is 24.4 Å². The summed E-state index contributed by atoms with van der Waals surface area (Å²) in [4.78, 5) is 10.1. The van der Waals surface area contributed by atoms with Crippen molar-refractivity contribution in [2.75, 3.05) is 6.61 Å². The minimum absolute atomic E-state index is 0.101. The number of carbonyl (C=O) groups excluding carboxylic acids is 1. The number of hydrogen-bond donors (Lipinski definition) is 5. The molecular weight excluding hydrogens is 248 g/mol. The first-order valence-electron chi connectivity index (χ1n) is 3.99. The molecule has 16 heavy (non-hydrogen) atoms. The molecule has 10 heteroatoms. The third kappa shape index (κ3) is 4.94. The van der Waals surface area contributed by atoms with E-state index in [2.05, 4.69) is 4.18 Å². The second-order valence-corrected chi connectivity index (χ2v) is 3.90. The first-order valence-corrected chi connectivity index (χ1v) is 5.35. The third-order valence-corrected chi connectivity index (χ3v) is 2.14. The van der Waals surface area contributed by atoms with Crippen LogP contribution >= 0.6 is 0 Å². The fourth-order valence-electron chi connectivity index (χ4n) is 0.854. The molecule has 0 spiro atoms. The molecule has 0 bridgehead atoms. The number of rotatable bonds is 7. The lowest BCUT2D eigenvalue weighted by atomic mass is 10.0. The van der Waals surface area contributed by atoms with Crippen LogP contribution in [-0.4, -0.2) is 70.7 Å². The molecule has 4 atom stereocenters. The van der Waals surface area contributed by atoms with Crippen molar-refractivity contribution in [3.8, 4) is 0 Å². The summed E-state index contributed by atoms with van der Waals surface area (Å²) < 4.78 is 32.6.